The summed E-state index contributed by atoms with van der Waals surface area (Å²) in [6.07, 6.45) is 1.53. The SMILES string of the molecule is Cc1nn(-c2ccccc2)c(Cl)c1C(=O)N(C)CC(=O)NCc1ccco1. The average molecular weight is 387 g/mol. The van der Waals surface area contributed by atoms with Crippen LogP contribution in [0.1, 0.15) is 21.8 Å². The number of para-hydroxylation sites is 1. The zero-order valence-corrected chi connectivity index (χ0v) is 15.7. The van der Waals surface area contributed by atoms with Gasteiger partial charge in [-0.1, -0.05) is 29.8 Å². The molecule has 1 aromatic carbocycles. The monoisotopic (exact) mass is 386 g/mol. The molecule has 0 aliphatic rings. The van der Waals surface area contributed by atoms with Crippen molar-refractivity contribution in [1.82, 2.24) is 20.0 Å². The first-order valence-corrected chi connectivity index (χ1v) is 8.70. The van der Waals surface area contributed by atoms with E-state index < -0.39 is 0 Å². The number of benzene rings is 1. The first kappa shape index (κ1) is 18.7. The highest BCUT2D eigenvalue weighted by atomic mass is 35.5. The Balaban J connectivity index is 1.69. The van der Waals surface area contributed by atoms with Crippen LogP contribution in [0.3, 0.4) is 0 Å². The number of amides is 2. The third-order valence-corrected chi connectivity index (χ3v) is 4.34. The smallest absolute Gasteiger partial charge is 0.259 e. The summed E-state index contributed by atoms with van der Waals surface area (Å²) in [7, 11) is 1.55. The Labute approximate surface area is 161 Å². The predicted molar refractivity (Wildman–Crippen MR) is 101 cm³/mol. The van der Waals surface area contributed by atoms with Crippen molar-refractivity contribution in [3.05, 3.63) is 70.9 Å². The molecule has 0 bridgehead atoms. The highest BCUT2D eigenvalue weighted by Gasteiger charge is 2.24. The molecule has 0 unspecified atom stereocenters. The minimum Gasteiger partial charge on any atom is -0.467 e. The average Bonchev–Trinajstić information content (AvgIpc) is 3.28. The number of carbonyl (C=O) groups is 2. The normalized spacial score (nSPS) is 10.6. The number of nitrogens with zero attached hydrogens (tertiary/aromatic N) is 3. The quantitative estimate of drug-likeness (QED) is 0.706. The molecule has 0 aliphatic heterocycles. The summed E-state index contributed by atoms with van der Waals surface area (Å²) in [6.45, 7) is 1.87. The van der Waals surface area contributed by atoms with Gasteiger partial charge in [-0.25, -0.2) is 4.68 Å². The maximum Gasteiger partial charge on any atom is 0.259 e. The van der Waals surface area contributed by atoms with Crippen molar-refractivity contribution in [1.29, 1.82) is 0 Å². The van der Waals surface area contributed by atoms with Gasteiger partial charge in [0.15, 0.2) is 0 Å². The Morgan fingerprint density at radius 3 is 2.63 bits per heavy atom. The van der Waals surface area contributed by atoms with Gasteiger partial charge < -0.3 is 14.6 Å². The number of carbonyl (C=O) groups excluding carboxylic acids is 2. The predicted octanol–water partition coefficient (Wildman–Crippen LogP) is 2.82. The molecule has 3 aromatic rings. The summed E-state index contributed by atoms with van der Waals surface area (Å²) in [6, 6.07) is 12.8. The van der Waals surface area contributed by atoms with E-state index in [2.05, 4.69) is 10.4 Å². The van der Waals surface area contributed by atoms with Crippen LogP contribution in [0.25, 0.3) is 5.69 Å². The molecule has 0 fully saturated rings. The van der Waals surface area contributed by atoms with Crippen LogP contribution in [-0.4, -0.2) is 40.1 Å². The third kappa shape index (κ3) is 4.20. The van der Waals surface area contributed by atoms with Gasteiger partial charge in [-0.05, 0) is 31.2 Å². The standard InChI is InChI=1S/C19H19ClN4O3/c1-13-17(18(20)24(22-13)14-7-4-3-5-8-14)19(26)23(2)12-16(25)21-11-15-9-6-10-27-15/h3-10H,11-12H2,1-2H3,(H,21,25). The lowest BCUT2D eigenvalue weighted by atomic mass is 10.2. The summed E-state index contributed by atoms with van der Waals surface area (Å²) in [5.41, 5.74) is 1.53. The van der Waals surface area contributed by atoms with Crippen molar-refractivity contribution in [2.45, 2.75) is 13.5 Å². The number of rotatable bonds is 6. The van der Waals surface area contributed by atoms with Gasteiger partial charge in [0, 0.05) is 7.05 Å². The summed E-state index contributed by atoms with van der Waals surface area (Å²) in [4.78, 5) is 26.2. The van der Waals surface area contributed by atoms with Crippen LogP contribution in [0.5, 0.6) is 0 Å². The molecule has 7 nitrogen and oxygen atoms in total. The number of aryl methyl sites for hydroxylation is 1. The molecule has 140 valence electrons. The molecule has 0 spiro atoms. The number of furan rings is 1. The second-order valence-electron chi connectivity index (χ2n) is 6.02. The van der Waals surface area contributed by atoms with Gasteiger partial charge in [-0.15, -0.1) is 0 Å². The van der Waals surface area contributed by atoms with Crippen molar-refractivity contribution < 1.29 is 14.0 Å². The fourth-order valence-corrected chi connectivity index (χ4v) is 2.97. The second kappa shape index (κ2) is 8.09. The Hall–Kier alpha value is -3.06. The number of aromatic nitrogens is 2. The maximum atomic E-state index is 12.8. The number of halogens is 1. The Bertz CT molecular complexity index is 936. The minimum atomic E-state index is -0.368. The van der Waals surface area contributed by atoms with E-state index in [4.69, 9.17) is 16.0 Å². The van der Waals surface area contributed by atoms with Crippen LogP contribution in [0, 0.1) is 6.92 Å². The highest BCUT2D eigenvalue weighted by Crippen LogP contribution is 2.24. The van der Waals surface area contributed by atoms with E-state index in [1.165, 1.54) is 15.8 Å². The van der Waals surface area contributed by atoms with E-state index in [0.717, 1.165) is 5.69 Å². The van der Waals surface area contributed by atoms with E-state index in [1.54, 1.807) is 26.1 Å². The topological polar surface area (TPSA) is 80.4 Å². The van der Waals surface area contributed by atoms with Crippen LogP contribution in [-0.2, 0) is 11.3 Å². The molecule has 0 atom stereocenters. The number of hydrogen-bond acceptors (Lipinski definition) is 4. The maximum absolute atomic E-state index is 12.8. The second-order valence-corrected chi connectivity index (χ2v) is 6.37. The van der Waals surface area contributed by atoms with E-state index in [-0.39, 0.29) is 35.6 Å². The molecule has 8 heteroatoms. The van der Waals surface area contributed by atoms with Crippen molar-refractivity contribution in [3.8, 4) is 5.69 Å². The van der Waals surface area contributed by atoms with E-state index in [9.17, 15) is 9.59 Å². The molecule has 0 saturated heterocycles. The molecular formula is C19H19ClN4O3. The highest BCUT2D eigenvalue weighted by molar-refractivity contribution is 6.33. The van der Waals surface area contributed by atoms with Gasteiger partial charge in [-0.2, -0.15) is 5.10 Å². The molecule has 1 N–H and O–H groups in total. The number of nitrogens with one attached hydrogen (secondary N) is 1. The van der Waals surface area contributed by atoms with Gasteiger partial charge in [0.25, 0.3) is 5.91 Å². The van der Waals surface area contributed by atoms with Gasteiger partial charge in [0.1, 0.15) is 10.9 Å². The summed E-state index contributed by atoms with van der Waals surface area (Å²) >= 11 is 6.41. The molecule has 3 rings (SSSR count). The zero-order chi connectivity index (χ0) is 19.4. The van der Waals surface area contributed by atoms with Crippen molar-refractivity contribution in [3.63, 3.8) is 0 Å². The van der Waals surface area contributed by atoms with Gasteiger partial charge in [0.2, 0.25) is 5.91 Å². The first-order valence-electron chi connectivity index (χ1n) is 8.32. The lowest BCUT2D eigenvalue weighted by molar-refractivity contribution is -0.121. The van der Waals surface area contributed by atoms with Crippen molar-refractivity contribution in [2.75, 3.05) is 13.6 Å². The largest absolute Gasteiger partial charge is 0.467 e. The molecule has 2 heterocycles. The van der Waals surface area contributed by atoms with Gasteiger partial charge >= 0.3 is 0 Å². The molecular weight excluding hydrogens is 368 g/mol. The Morgan fingerprint density at radius 2 is 1.96 bits per heavy atom. The van der Waals surface area contributed by atoms with Crippen LogP contribution < -0.4 is 5.32 Å². The van der Waals surface area contributed by atoms with E-state index in [1.807, 2.05) is 30.3 Å². The lowest BCUT2D eigenvalue weighted by Gasteiger charge is -2.16. The van der Waals surface area contributed by atoms with E-state index in [0.29, 0.717) is 11.5 Å². The summed E-state index contributed by atoms with van der Waals surface area (Å²) in [5.74, 6) is -0.0281. The Kier molecular flexibility index (Phi) is 5.61. The zero-order valence-electron chi connectivity index (χ0n) is 15.0. The lowest BCUT2D eigenvalue weighted by Crippen LogP contribution is -2.38. The van der Waals surface area contributed by atoms with Gasteiger partial charge in [-0.3, -0.25) is 9.59 Å². The van der Waals surface area contributed by atoms with Gasteiger partial charge in [0.05, 0.1) is 36.3 Å². The van der Waals surface area contributed by atoms with Crippen LogP contribution in [0.15, 0.2) is 53.1 Å². The number of likely N-dealkylation sites (N-methyl/N-ethyl adjacent to an activating group) is 1. The molecule has 0 aliphatic carbocycles. The summed E-state index contributed by atoms with van der Waals surface area (Å²) in [5, 5.41) is 7.27. The minimum absolute atomic E-state index is 0.105. The first-order chi connectivity index (χ1) is 13.0. The third-order valence-electron chi connectivity index (χ3n) is 3.99. The van der Waals surface area contributed by atoms with Crippen LogP contribution in [0.2, 0.25) is 5.15 Å². The van der Waals surface area contributed by atoms with Crippen LogP contribution >= 0.6 is 11.6 Å². The Morgan fingerprint density at radius 1 is 1.22 bits per heavy atom. The number of hydrogen-bond donors (Lipinski definition) is 1. The van der Waals surface area contributed by atoms with Crippen molar-refractivity contribution in [2.24, 2.45) is 0 Å². The molecule has 0 saturated carbocycles. The summed E-state index contributed by atoms with van der Waals surface area (Å²) < 4.78 is 6.67. The molecule has 27 heavy (non-hydrogen) atoms. The van der Waals surface area contributed by atoms with E-state index >= 15 is 0 Å². The fourth-order valence-electron chi connectivity index (χ4n) is 2.62. The molecule has 0 radical (unpaired) electrons. The van der Waals surface area contributed by atoms with Crippen LogP contribution in [0.4, 0.5) is 0 Å². The fraction of sp³-hybridized carbons (Fsp3) is 0.211. The van der Waals surface area contributed by atoms with Crippen molar-refractivity contribution >= 4 is 23.4 Å². The molecule has 2 amide bonds. The molecule has 2 aromatic heterocycles.